The number of carbonyl (C=O) groups excluding carboxylic acids is 3. The third-order valence-electron chi connectivity index (χ3n) is 5.69. The fraction of sp³-hybridized carbons (Fsp3) is 0.222. The maximum atomic E-state index is 13.6. The van der Waals surface area contributed by atoms with Gasteiger partial charge in [-0.3, -0.25) is 14.4 Å². The van der Waals surface area contributed by atoms with Crippen molar-refractivity contribution in [2.24, 2.45) is 5.92 Å². The molecular formula is C27H24ClF2N3O4. The molecule has 4 rings (SSSR count). The summed E-state index contributed by atoms with van der Waals surface area (Å²) in [6.07, 6.45) is 0. The second-order valence-electron chi connectivity index (χ2n) is 8.91. The largest absolute Gasteiger partial charge is 0.472 e. The van der Waals surface area contributed by atoms with Crippen LogP contribution in [0.2, 0.25) is 5.02 Å². The van der Waals surface area contributed by atoms with Crippen molar-refractivity contribution in [3.05, 3.63) is 93.5 Å². The molecule has 37 heavy (non-hydrogen) atoms. The number of amides is 3. The lowest BCUT2D eigenvalue weighted by atomic mass is 10.1. The molecule has 0 aliphatic carbocycles. The van der Waals surface area contributed by atoms with Crippen molar-refractivity contribution in [3.63, 3.8) is 0 Å². The number of anilines is 1. The summed E-state index contributed by atoms with van der Waals surface area (Å²) in [6, 6.07) is 12.5. The van der Waals surface area contributed by atoms with Crippen molar-refractivity contribution in [1.29, 1.82) is 0 Å². The fourth-order valence-electron chi connectivity index (χ4n) is 3.77. The molecule has 0 saturated carbocycles. The quantitative estimate of drug-likeness (QED) is 0.445. The molecule has 0 spiro atoms. The van der Waals surface area contributed by atoms with E-state index in [9.17, 15) is 23.2 Å². The van der Waals surface area contributed by atoms with Gasteiger partial charge in [-0.25, -0.2) is 8.78 Å². The number of rotatable bonds is 7. The predicted molar refractivity (Wildman–Crippen MR) is 134 cm³/mol. The highest BCUT2D eigenvalue weighted by Crippen LogP contribution is 2.29. The summed E-state index contributed by atoms with van der Waals surface area (Å²) in [4.78, 5) is 39.2. The summed E-state index contributed by atoms with van der Waals surface area (Å²) in [5, 5.41) is 5.74. The summed E-state index contributed by atoms with van der Waals surface area (Å²) in [6.45, 7) is 3.66. The lowest BCUT2D eigenvalue weighted by Gasteiger charge is -2.29. The standard InChI is InChI=1S/C27H24ClF2N3O4/c1-15(2)25(34)31-12-16-3-5-23(28)21(9-16)26(35)32-20-4-6-24-22(11-20)27(36)33(14-37-24)13-17-7-18(29)10-19(30)8-17/h3-11,15H,12-14H2,1-2H3,(H,31,34)(H,32,35). The molecule has 10 heteroatoms. The molecule has 3 aromatic carbocycles. The second-order valence-corrected chi connectivity index (χ2v) is 9.31. The molecular weight excluding hydrogens is 504 g/mol. The number of benzene rings is 3. The van der Waals surface area contributed by atoms with Crippen LogP contribution in [0.15, 0.2) is 54.6 Å². The van der Waals surface area contributed by atoms with E-state index in [1.807, 2.05) is 0 Å². The van der Waals surface area contributed by atoms with Gasteiger partial charge in [-0.05, 0) is 53.6 Å². The Bertz CT molecular complexity index is 1360. The van der Waals surface area contributed by atoms with E-state index in [1.165, 1.54) is 11.0 Å². The number of ether oxygens (including phenoxy) is 1. The van der Waals surface area contributed by atoms with E-state index in [2.05, 4.69) is 10.6 Å². The molecule has 0 bridgehead atoms. The normalized spacial score (nSPS) is 12.7. The molecule has 3 amide bonds. The number of nitrogens with one attached hydrogen (secondary N) is 2. The summed E-state index contributed by atoms with van der Waals surface area (Å²) in [5.74, 6) is -2.35. The highest BCUT2D eigenvalue weighted by atomic mass is 35.5. The average molecular weight is 528 g/mol. The number of fused-ring (bicyclic) bond motifs is 1. The SMILES string of the molecule is CC(C)C(=O)NCc1ccc(Cl)c(C(=O)Nc2ccc3c(c2)C(=O)N(Cc2cc(F)cc(F)c2)CO3)c1. The molecule has 7 nitrogen and oxygen atoms in total. The van der Waals surface area contributed by atoms with Gasteiger partial charge >= 0.3 is 0 Å². The first-order chi connectivity index (χ1) is 17.6. The van der Waals surface area contributed by atoms with Crippen molar-refractivity contribution in [3.8, 4) is 5.75 Å². The average Bonchev–Trinajstić information content (AvgIpc) is 2.84. The van der Waals surface area contributed by atoms with Crippen LogP contribution in [-0.2, 0) is 17.9 Å². The molecule has 0 atom stereocenters. The van der Waals surface area contributed by atoms with Crippen LogP contribution in [0.4, 0.5) is 14.5 Å². The first-order valence-corrected chi connectivity index (χ1v) is 11.9. The maximum Gasteiger partial charge on any atom is 0.260 e. The Hall–Kier alpha value is -3.98. The third kappa shape index (κ3) is 6.24. The van der Waals surface area contributed by atoms with Crippen LogP contribution < -0.4 is 15.4 Å². The van der Waals surface area contributed by atoms with Crippen molar-refractivity contribution in [1.82, 2.24) is 10.2 Å². The molecule has 0 saturated heterocycles. The molecule has 0 radical (unpaired) electrons. The zero-order valence-electron chi connectivity index (χ0n) is 20.1. The number of hydrogen-bond donors (Lipinski definition) is 2. The lowest BCUT2D eigenvalue weighted by Crippen LogP contribution is -2.38. The molecule has 0 unspecified atom stereocenters. The first kappa shape index (κ1) is 26.1. The number of halogens is 3. The summed E-state index contributed by atoms with van der Waals surface area (Å²) < 4.78 is 32.7. The summed E-state index contributed by atoms with van der Waals surface area (Å²) in [7, 11) is 0. The Morgan fingerprint density at radius 3 is 2.46 bits per heavy atom. The van der Waals surface area contributed by atoms with E-state index in [1.54, 1.807) is 44.2 Å². The molecule has 0 fully saturated rings. The second kappa shape index (κ2) is 11.0. The van der Waals surface area contributed by atoms with Crippen LogP contribution in [0.25, 0.3) is 0 Å². The van der Waals surface area contributed by atoms with Crippen LogP contribution in [0.1, 0.15) is 45.7 Å². The maximum absolute atomic E-state index is 13.6. The Morgan fingerprint density at radius 1 is 1.03 bits per heavy atom. The predicted octanol–water partition coefficient (Wildman–Crippen LogP) is 5.14. The van der Waals surface area contributed by atoms with E-state index in [4.69, 9.17) is 16.3 Å². The minimum absolute atomic E-state index is 0.0563. The fourth-order valence-corrected chi connectivity index (χ4v) is 3.97. The minimum atomic E-state index is -0.740. The highest BCUT2D eigenvalue weighted by Gasteiger charge is 2.27. The van der Waals surface area contributed by atoms with E-state index in [0.29, 0.717) is 17.0 Å². The van der Waals surface area contributed by atoms with Crippen LogP contribution in [0.3, 0.4) is 0 Å². The molecule has 2 N–H and O–H groups in total. The van der Waals surface area contributed by atoms with E-state index in [-0.39, 0.29) is 53.4 Å². The van der Waals surface area contributed by atoms with Gasteiger partial charge in [-0.1, -0.05) is 31.5 Å². The number of hydrogen-bond acceptors (Lipinski definition) is 4. The van der Waals surface area contributed by atoms with Gasteiger partial charge in [0.2, 0.25) is 5.91 Å². The molecule has 3 aromatic rings. The van der Waals surface area contributed by atoms with E-state index < -0.39 is 23.4 Å². The van der Waals surface area contributed by atoms with Crippen LogP contribution in [0.5, 0.6) is 5.75 Å². The van der Waals surface area contributed by atoms with Crippen LogP contribution in [-0.4, -0.2) is 29.4 Å². The van der Waals surface area contributed by atoms with Gasteiger partial charge < -0.3 is 20.3 Å². The summed E-state index contributed by atoms with van der Waals surface area (Å²) in [5.41, 5.74) is 1.70. The van der Waals surface area contributed by atoms with Gasteiger partial charge in [0, 0.05) is 30.8 Å². The van der Waals surface area contributed by atoms with Crippen molar-refractivity contribution in [2.45, 2.75) is 26.9 Å². The molecule has 1 heterocycles. The van der Waals surface area contributed by atoms with Gasteiger partial charge in [0.25, 0.3) is 11.8 Å². The monoisotopic (exact) mass is 527 g/mol. The number of nitrogens with zero attached hydrogens (tertiary/aromatic N) is 1. The van der Waals surface area contributed by atoms with Crippen molar-refractivity contribution in [2.75, 3.05) is 12.0 Å². The van der Waals surface area contributed by atoms with Gasteiger partial charge in [0.05, 0.1) is 16.1 Å². The van der Waals surface area contributed by atoms with Gasteiger partial charge in [-0.2, -0.15) is 0 Å². The van der Waals surface area contributed by atoms with Crippen LogP contribution in [0, 0.1) is 17.6 Å². The minimum Gasteiger partial charge on any atom is -0.472 e. The number of carbonyl (C=O) groups is 3. The lowest BCUT2D eigenvalue weighted by molar-refractivity contribution is -0.124. The van der Waals surface area contributed by atoms with E-state index in [0.717, 1.165) is 18.2 Å². The van der Waals surface area contributed by atoms with E-state index >= 15 is 0 Å². The molecule has 1 aliphatic heterocycles. The van der Waals surface area contributed by atoms with Crippen LogP contribution >= 0.6 is 11.6 Å². The highest BCUT2D eigenvalue weighted by molar-refractivity contribution is 6.34. The zero-order chi connectivity index (χ0) is 26.7. The molecule has 192 valence electrons. The van der Waals surface area contributed by atoms with Crippen molar-refractivity contribution >= 4 is 35.0 Å². The first-order valence-electron chi connectivity index (χ1n) is 11.5. The molecule has 1 aliphatic rings. The topological polar surface area (TPSA) is 87.7 Å². The smallest absolute Gasteiger partial charge is 0.260 e. The molecule has 0 aromatic heterocycles. The summed E-state index contributed by atoms with van der Waals surface area (Å²) >= 11 is 6.24. The zero-order valence-corrected chi connectivity index (χ0v) is 20.9. The van der Waals surface area contributed by atoms with Crippen molar-refractivity contribution < 1.29 is 27.9 Å². The Kier molecular flexibility index (Phi) is 7.73. The Morgan fingerprint density at radius 2 is 1.76 bits per heavy atom. The van der Waals surface area contributed by atoms with Gasteiger partial charge in [-0.15, -0.1) is 0 Å². The van der Waals surface area contributed by atoms with Gasteiger partial charge in [0.15, 0.2) is 6.73 Å². The third-order valence-corrected chi connectivity index (χ3v) is 6.02. The Balaban J connectivity index is 1.48. The Labute approximate surface area is 217 Å². The van der Waals surface area contributed by atoms with Gasteiger partial charge in [0.1, 0.15) is 17.4 Å².